The molecular weight excluding hydrogens is 278 g/mol. The lowest BCUT2D eigenvalue weighted by atomic mass is 10.0. The molecule has 0 radical (unpaired) electrons. The Morgan fingerprint density at radius 1 is 1.47 bits per heavy atom. The number of nitrogens with two attached hydrogens (primary N) is 1. The van der Waals surface area contributed by atoms with E-state index in [1.807, 2.05) is 29.9 Å². The number of hydrogen-bond acceptors (Lipinski definition) is 3. The van der Waals surface area contributed by atoms with Gasteiger partial charge in [0.1, 0.15) is 0 Å². The molecule has 0 bridgehead atoms. The standard InChI is InChI=1S/C14H18ClN3S/c1-3-11(16)9-10-5-4-6-12(15)13(10)19-14-17-7-8-18(14)2/h4-8,11H,3,9,16H2,1-2H3. The molecule has 102 valence electrons. The minimum absolute atomic E-state index is 0.166. The summed E-state index contributed by atoms with van der Waals surface area (Å²) in [6.45, 7) is 2.10. The third kappa shape index (κ3) is 3.53. The third-order valence-electron chi connectivity index (χ3n) is 3.03. The topological polar surface area (TPSA) is 43.8 Å². The quantitative estimate of drug-likeness (QED) is 0.918. The smallest absolute Gasteiger partial charge is 0.172 e. The first-order chi connectivity index (χ1) is 9.11. The summed E-state index contributed by atoms with van der Waals surface area (Å²) in [5.74, 6) is 0. The molecule has 3 nitrogen and oxygen atoms in total. The lowest BCUT2D eigenvalue weighted by Crippen LogP contribution is -2.21. The Morgan fingerprint density at radius 3 is 2.89 bits per heavy atom. The largest absolute Gasteiger partial charge is 0.329 e. The number of rotatable bonds is 5. The summed E-state index contributed by atoms with van der Waals surface area (Å²) in [4.78, 5) is 5.39. The van der Waals surface area contributed by atoms with Gasteiger partial charge in [-0.15, -0.1) is 0 Å². The fraction of sp³-hybridized carbons (Fsp3) is 0.357. The monoisotopic (exact) mass is 295 g/mol. The number of hydrogen-bond donors (Lipinski definition) is 1. The first-order valence-corrected chi connectivity index (χ1v) is 7.49. The maximum absolute atomic E-state index is 6.33. The molecule has 0 aliphatic heterocycles. The zero-order chi connectivity index (χ0) is 13.8. The van der Waals surface area contributed by atoms with Gasteiger partial charge >= 0.3 is 0 Å². The highest BCUT2D eigenvalue weighted by Gasteiger charge is 2.13. The van der Waals surface area contributed by atoms with Crippen LogP contribution >= 0.6 is 23.4 Å². The predicted octanol–water partition coefficient (Wildman–Crippen LogP) is 3.50. The number of benzene rings is 1. The van der Waals surface area contributed by atoms with Crippen molar-refractivity contribution in [2.24, 2.45) is 12.8 Å². The number of imidazole rings is 1. The molecule has 0 spiro atoms. The molecule has 1 atom stereocenters. The highest BCUT2D eigenvalue weighted by Crippen LogP contribution is 2.35. The molecule has 0 amide bonds. The second kappa shape index (κ2) is 6.46. The van der Waals surface area contributed by atoms with E-state index in [1.165, 1.54) is 5.56 Å². The molecule has 0 fully saturated rings. The van der Waals surface area contributed by atoms with E-state index in [1.54, 1.807) is 18.0 Å². The molecule has 2 rings (SSSR count). The van der Waals surface area contributed by atoms with Gasteiger partial charge in [0, 0.05) is 30.4 Å². The van der Waals surface area contributed by atoms with Gasteiger partial charge in [-0.3, -0.25) is 0 Å². The van der Waals surface area contributed by atoms with Crippen LogP contribution < -0.4 is 5.73 Å². The summed E-state index contributed by atoms with van der Waals surface area (Å²) >= 11 is 7.92. The van der Waals surface area contributed by atoms with E-state index >= 15 is 0 Å². The summed E-state index contributed by atoms with van der Waals surface area (Å²) in [7, 11) is 1.98. The Labute approximate surface area is 123 Å². The zero-order valence-corrected chi connectivity index (χ0v) is 12.7. The molecule has 0 saturated heterocycles. The Bertz CT molecular complexity index is 553. The number of nitrogens with zero attached hydrogens (tertiary/aromatic N) is 2. The highest BCUT2D eigenvalue weighted by atomic mass is 35.5. The van der Waals surface area contributed by atoms with Crippen LogP contribution in [-0.4, -0.2) is 15.6 Å². The van der Waals surface area contributed by atoms with E-state index in [4.69, 9.17) is 17.3 Å². The van der Waals surface area contributed by atoms with Crippen molar-refractivity contribution in [1.29, 1.82) is 0 Å². The minimum atomic E-state index is 0.166. The fourth-order valence-electron chi connectivity index (χ4n) is 1.80. The lowest BCUT2D eigenvalue weighted by molar-refractivity contribution is 0.641. The number of halogens is 1. The Kier molecular flexibility index (Phi) is 4.91. The summed E-state index contributed by atoms with van der Waals surface area (Å²) < 4.78 is 1.98. The van der Waals surface area contributed by atoms with Gasteiger partial charge in [0.25, 0.3) is 0 Å². The molecule has 1 unspecified atom stereocenters. The van der Waals surface area contributed by atoms with Crippen LogP contribution in [0.5, 0.6) is 0 Å². The van der Waals surface area contributed by atoms with Crippen LogP contribution in [0.15, 0.2) is 40.6 Å². The van der Waals surface area contributed by atoms with Crippen molar-refractivity contribution < 1.29 is 0 Å². The molecule has 5 heteroatoms. The molecule has 0 saturated carbocycles. The SMILES string of the molecule is CCC(N)Cc1cccc(Cl)c1Sc1nccn1C. The minimum Gasteiger partial charge on any atom is -0.329 e. The van der Waals surface area contributed by atoms with Gasteiger partial charge in [-0.05, 0) is 36.2 Å². The predicted molar refractivity (Wildman–Crippen MR) is 80.8 cm³/mol. The molecule has 19 heavy (non-hydrogen) atoms. The average Bonchev–Trinajstić information content (AvgIpc) is 2.79. The van der Waals surface area contributed by atoms with Gasteiger partial charge in [0.05, 0.1) is 5.02 Å². The van der Waals surface area contributed by atoms with Gasteiger partial charge in [-0.1, -0.05) is 30.7 Å². The van der Waals surface area contributed by atoms with Crippen molar-refractivity contribution in [3.8, 4) is 0 Å². The van der Waals surface area contributed by atoms with E-state index in [-0.39, 0.29) is 6.04 Å². The first-order valence-electron chi connectivity index (χ1n) is 6.30. The fourth-order valence-corrected chi connectivity index (χ4v) is 3.06. The van der Waals surface area contributed by atoms with Crippen molar-refractivity contribution in [3.63, 3.8) is 0 Å². The molecule has 1 aromatic carbocycles. The number of aromatic nitrogens is 2. The van der Waals surface area contributed by atoms with Gasteiger partial charge in [0.2, 0.25) is 0 Å². The van der Waals surface area contributed by atoms with E-state index in [9.17, 15) is 0 Å². The molecular formula is C14H18ClN3S. The van der Waals surface area contributed by atoms with Crippen LogP contribution in [0, 0.1) is 0 Å². The van der Waals surface area contributed by atoms with Crippen molar-refractivity contribution in [2.45, 2.75) is 35.9 Å². The van der Waals surface area contributed by atoms with Crippen LogP contribution in [-0.2, 0) is 13.5 Å². The van der Waals surface area contributed by atoms with E-state index in [2.05, 4.69) is 18.0 Å². The normalized spacial score (nSPS) is 12.6. The Balaban J connectivity index is 2.30. The van der Waals surface area contributed by atoms with Crippen LogP contribution in [0.3, 0.4) is 0 Å². The Hall–Kier alpha value is -0.970. The van der Waals surface area contributed by atoms with Crippen LogP contribution in [0.2, 0.25) is 5.02 Å². The van der Waals surface area contributed by atoms with Crippen LogP contribution in [0.1, 0.15) is 18.9 Å². The lowest BCUT2D eigenvalue weighted by Gasteiger charge is -2.14. The average molecular weight is 296 g/mol. The Morgan fingerprint density at radius 2 is 2.26 bits per heavy atom. The molecule has 1 aromatic heterocycles. The maximum Gasteiger partial charge on any atom is 0.172 e. The van der Waals surface area contributed by atoms with Gasteiger partial charge in [0.15, 0.2) is 5.16 Å². The maximum atomic E-state index is 6.33. The summed E-state index contributed by atoms with van der Waals surface area (Å²) in [5.41, 5.74) is 7.24. The zero-order valence-electron chi connectivity index (χ0n) is 11.1. The summed E-state index contributed by atoms with van der Waals surface area (Å²) in [6, 6.07) is 6.14. The number of aryl methyl sites for hydroxylation is 1. The van der Waals surface area contributed by atoms with E-state index in [0.29, 0.717) is 0 Å². The third-order valence-corrected chi connectivity index (χ3v) is 4.71. The second-order valence-electron chi connectivity index (χ2n) is 4.52. The van der Waals surface area contributed by atoms with E-state index < -0.39 is 0 Å². The van der Waals surface area contributed by atoms with Gasteiger partial charge in [-0.25, -0.2) is 4.98 Å². The summed E-state index contributed by atoms with van der Waals surface area (Å²) in [6.07, 6.45) is 5.51. The first kappa shape index (κ1) is 14.4. The molecule has 1 heterocycles. The van der Waals surface area contributed by atoms with Crippen molar-refractivity contribution >= 4 is 23.4 Å². The molecule has 0 aliphatic rings. The van der Waals surface area contributed by atoms with Gasteiger partial charge < -0.3 is 10.3 Å². The van der Waals surface area contributed by atoms with Crippen LogP contribution in [0.25, 0.3) is 0 Å². The molecule has 2 aromatic rings. The van der Waals surface area contributed by atoms with Crippen LogP contribution in [0.4, 0.5) is 0 Å². The molecule has 0 aliphatic carbocycles. The highest BCUT2D eigenvalue weighted by molar-refractivity contribution is 7.99. The van der Waals surface area contributed by atoms with Crippen molar-refractivity contribution in [2.75, 3.05) is 0 Å². The van der Waals surface area contributed by atoms with Gasteiger partial charge in [-0.2, -0.15) is 0 Å². The second-order valence-corrected chi connectivity index (χ2v) is 5.91. The molecule has 2 N–H and O–H groups in total. The summed E-state index contributed by atoms with van der Waals surface area (Å²) in [5, 5.41) is 1.69. The van der Waals surface area contributed by atoms with E-state index in [0.717, 1.165) is 27.9 Å². The van der Waals surface area contributed by atoms with Crippen molar-refractivity contribution in [1.82, 2.24) is 9.55 Å². The van der Waals surface area contributed by atoms with Crippen molar-refractivity contribution in [3.05, 3.63) is 41.2 Å².